The lowest BCUT2D eigenvalue weighted by Gasteiger charge is -2.11. The van der Waals surface area contributed by atoms with E-state index < -0.39 is 0 Å². The van der Waals surface area contributed by atoms with Crippen LogP contribution in [0.2, 0.25) is 0 Å². The molecular weight excluding hydrogens is 210 g/mol. The summed E-state index contributed by atoms with van der Waals surface area (Å²) >= 11 is 0. The van der Waals surface area contributed by atoms with Crippen LogP contribution in [0.15, 0.2) is 12.3 Å². The SMILES string of the molecule is CC.CC(C)n1ccc(C2C3CN(C)CC32)n1. The molecule has 0 N–H and O–H groups in total. The van der Waals surface area contributed by atoms with E-state index >= 15 is 0 Å². The van der Waals surface area contributed by atoms with E-state index in [0.29, 0.717) is 6.04 Å². The second-order valence-corrected chi connectivity index (χ2v) is 5.39. The van der Waals surface area contributed by atoms with Crippen molar-refractivity contribution in [2.75, 3.05) is 20.1 Å². The summed E-state index contributed by atoms with van der Waals surface area (Å²) in [5.74, 6) is 2.55. The van der Waals surface area contributed by atoms with Crippen LogP contribution in [0.3, 0.4) is 0 Å². The van der Waals surface area contributed by atoms with E-state index in [4.69, 9.17) is 0 Å². The molecule has 0 bridgehead atoms. The zero-order valence-corrected chi connectivity index (χ0v) is 11.7. The van der Waals surface area contributed by atoms with Crippen molar-refractivity contribution >= 4 is 0 Å². The average molecular weight is 235 g/mol. The van der Waals surface area contributed by atoms with Gasteiger partial charge in [-0.05, 0) is 38.8 Å². The van der Waals surface area contributed by atoms with Crippen LogP contribution in [0.25, 0.3) is 0 Å². The van der Waals surface area contributed by atoms with Crippen LogP contribution in [-0.2, 0) is 0 Å². The van der Waals surface area contributed by atoms with Gasteiger partial charge in [-0.2, -0.15) is 5.10 Å². The molecule has 3 nitrogen and oxygen atoms in total. The summed E-state index contributed by atoms with van der Waals surface area (Å²) in [6, 6.07) is 2.70. The van der Waals surface area contributed by atoms with Gasteiger partial charge in [0.25, 0.3) is 0 Å². The molecule has 3 heteroatoms. The van der Waals surface area contributed by atoms with E-state index in [1.807, 2.05) is 13.8 Å². The molecule has 96 valence electrons. The Bertz CT molecular complexity index is 357. The highest BCUT2D eigenvalue weighted by Crippen LogP contribution is 2.57. The van der Waals surface area contributed by atoms with Crippen molar-refractivity contribution in [3.8, 4) is 0 Å². The maximum absolute atomic E-state index is 4.68. The fraction of sp³-hybridized carbons (Fsp3) is 0.786. The van der Waals surface area contributed by atoms with E-state index in [9.17, 15) is 0 Å². The standard InChI is InChI=1S/C12H19N3.C2H6/c1-8(2)15-5-4-11(13-15)12-9-6-14(3)7-10(9)12;1-2/h4-5,8-10,12H,6-7H2,1-3H3;1-2H3. The molecule has 1 aliphatic carbocycles. The molecule has 1 saturated carbocycles. The highest BCUT2D eigenvalue weighted by Gasteiger charge is 2.56. The lowest BCUT2D eigenvalue weighted by Crippen LogP contribution is -2.18. The van der Waals surface area contributed by atoms with Crippen molar-refractivity contribution < 1.29 is 0 Å². The largest absolute Gasteiger partial charge is 0.306 e. The molecule has 2 unspecified atom stereocenters. The minimum atomic E-state index is 0.486. The monoisotopic (exact) mass is 235 g/mol. The molecule has 17 heavy (non-hydrogen) atoms. The average Bonchev–Trinajstić information content (AvgIpc) is 2.76. The maximum atomic E-state index is 4.68. The number of rotatable bonds is 2. The summed E-state index contributed by atoms with van der Waals surface area (Å²) in [5, 5.41) is 4.68. The predicted octanol–water partition coefficient (Wildman–Crippen LogP) is 2.77. The zero-order valence-electron chi connectivity index (χ0n) is 11.7. The first-order valence-electron chi connectivity index (χ1n) is 6.90. The predicted molar refractivity (Wildman–Crippen MR) is 71.2 cm³/mol. The summed E-state index contributed by atoms with van der Waals surface area (Å²) < 4.78 is 2.08. The third kappa shape index (κ3) is 2.25. The number of aromatic nitrogens is 2. The molecule has 1 saturated heterocycles. The molecule has 0 radical (unpaired) electrons. The Balaban J connectivity index is 0.000000514. The second-order valence-electron chi connectivity index (χ2n) is 5.39. The van der Waals surface area contributed by atoms with Gasteiger partial charge in [0, 0.05) is 31.2 Å². The highest BCUT2D eigenvalue weighted by molar-refractivity contribution is 5.23. The fourth-order valence-corrected chi connectivity index (χ4v) is 2.99. The molecule has 0 aromatic carbocycles. The highest BCUT2D eigenvalue weighted by atomic mass is 15.3. The molecule has 1 aliphatic heterocycles. The third-order valence-electron chi connectivity index (χ3n) is 3.88. The molecule has 2 aliphatic rings. The van der Waals surface area contributed by atoms with Gasteiger partial charge in [0.1, 0.15) is 0 Å². The molecule has 0 spiro atoms. The van der Waals surface area contributed by atoms with Crippen LogP contribution in [0.1, 0.15) is 45.3 Å². The van der Waals surface area contributed by atoms with Gasteiger partial charge in [0.15, 0.2) is 0 Å². The smallest absolute Gasteiger partial charge is 0.0662 e. The normalized spacial score (nSPS) is 31.1. The van der Waals surface area contributed by atoms with Crippen LogP contribution >= 0.6 is 0 Å². The minimum Gasteiger partial charge on any atom is -0.306 e. The third-order valence-corrected chi connectivity index (χ3v) is 3.88. The van der Waals surface area contributed by atoms with E-state index in [0.717, 1.165) is 17.8 Å². The number of hydrogen-bond acceptors (Lipinski definition) is 2. The Labute approximate surface area is 105 Å². The van der Waals surface area contributed by atoms with Gasteiger partial charge < -0.3 is 4.90 Å². The van der Waals surface area contributed by atoms with Crippen molar-refractivity contribution in [3.63, 3.8) is 0 Å². The van der Waals surface area contributed by atoms with Gasteiger partial charge in [-0.25, -0.2) is 0 Å². The zero-order chi connectivity index (χ0) is 12.6. The van der Waals surface area contributed by atoms with Gasteiger partial charge in [-0.1, -0.05) is 13.8 Å². The first-order chi connectivity index (χ1) is 8.16. The van der Waals surface area contributed by atoms with E-state index in [1.54, 1.807) is 0 Å². The number of hydrogen-bond donors (Lipinski definition) is 0. The molecule has 2 fully saturated rings. The second kappa shape index (κ2) is 4.81. The number of fused-ring (bicyclic) bond motifs is 1. The first kappa shape index (κ1) is 12.6. The van der Waals surface area contributed by atoms with Crippen molar-refractivity contribution in [1.29, 1.82) is 0 Å². The van der Waals surface area contributed by atoms with Gasteiger partial charge in [0.05, 0.1) is 5.69 Å². The quantitative estimate of drug-likeness (QED) is 0.786. The van der Waals surface area contributed by atoms with Crippen molar-refractivity contribution in [2.24, 2.45) is 11.8 Å². The Morgan fingerprint density at radius 1 is 1.24 bits per heavy atom. The minimum absolute atomic E-state index is 0.486. The Morgan fingerprint density at radius 3 is 2.29 bits per heavy atom. The van der Waals surface area contributed by atoms with E-state index in [1.165, 1.54) is 18.8 Å². The Morgan fingerprint density at radius 2 is 1.82 bits per heavy atom. The fourth-order valence-electron chi connectivity index (χ4n) is 2.99. The molecular formula is C14H25N3. The Kier molecular flexibility index (Phi) is 3.57. The van der Waals surface area contributed by atoms with Gasteiger partial charge in [-0.3, -0.25) is 4.68 Å². The summed E-state index contributed by atoms with van der Waals surface area (Å²) in [7, 11) is 2.22. The topological polar surface area (TPSA) is 21.1 Å². The van der Waals surface area contributed by atoms with Crippen molar-refractivity contribution in [3.05, 3.63) is 18.0 Å². The maximum Gasteiger partial charge on any atom is 0.0662 e. The van der Waals surface area contributed by atoms with Crippen LogP contribution in [-0.4, -0.2) is 34.8 Å². The molecule has 1 aromatic heterocycles. The summed E-state index contributed by atoms with van der Waals surface area (Å²) in [6.07, 6.45) is 2.12. The van der Waals surface area contributed by atoms with Crippen molar-refractivity contribution in [2.45, 2.75) is 39.7 Å². The summed E-state index contributed by atoms with van der Waals surface area (Å²) in [6.45, 7) is 10.9. The summed E-state index contributed by atoms with van der Waals surface area (Å²) in [4.78, 5) is 2.44. The molecule has 3 rings (SSSR count). The number of likely N-dealkylation sites (tertiary alicyclic amines) is 1. The first-order valence-corrected chi connectivity index (χ1v) is 6.90. The van der Waals surface area contributed by atoms with Gasteiger partial charge in [0.2, 0.25) is 0 Å². The Hall–Kier alpha value is -0.830. The van der Waals surface area contributed by atoms with Crippen LogP contribution in [0, 0.1) is 11.8 Å². The van der Waals surface area contributed by atoms with Crippen LogP contribution < -0.4 is 0 Å². The lowest BCUT2D eigenvalue weighted by atomic mass is 10.2. The summed E-state index contributed by atoms with van der Waals surface area (Å²) in [5.41, 5.74) is 1.33. The van der Waals surface area contributed by atoms with E-state index in [-0.39, 0.29) is 0 Å². The van der Waals surface area contributed by atoms with Crippen LogP contribution in [0.4, 0.5) is 0 Å². The number of piperidine rings is 1. The molecule has 1 aromatic rings. The molecule has 2 heterocycles. The molecule has 2 atom stereocenters. The van der Waals surface area contributed by atoms with E-state index in [2.05, 4.69) is 47.8 Å². The van der Waals surface area contributed by atoms with Gasteiger partial charge >= 0.3 is 0 Å². The molecule has 0 amide bonds. The lowest BCUT2D eigenvalue weighted by molar-refractivity contribution is 0.360. The number of nitrogens with zero attached hydrogens (tertiary/aromatic N) is 3. The van der Waals surface area contributed by atoms with Crippen LogP contribution in [0.5, 0.6) is 0 Å². The van der Waals surface area contributed by atoms with Crippen molar-refractivity contribution in [1.82, 2.24) is 14.7 Å². The van der Waals surface area contributed by atoms with Gasteiger partial charge in [-0.15, -0.1) is 0 Å².